The number of rotatable bonds is 2. The van der Waals surface area contributed by atoms with Crippen LogP contribution in [0, 0.1) is 11.8 Å². The topological polar surface area (TPSA) is 52.6 Å². The van der Waals surface area contributed by atoms with Crippen LogP contribution >= 0.6 is 0 Å². The van der Waals surface area contributed by atoms with E-state index in [2.05, 4.69) is 34.5 Å². The fourth-order valence-corrected chi connectivity index (χ4v) is 6.00. The van der Waals surface area contributed by atoms with Crippen molar-refractivity contribution in [1.82, 2.24) is 4.90 Å². The molecule has 1 saturated carbocycles. The average molecular weight is 310 g/mol. The lowest BCUT2D eigenvalue weighted by atomic mass is 9.56. The molecule has 1 spiro atoms. The van der Waals surface area contributed by atoms with Gasteiger partial charge >= 0.3 is 0 Å². The Morgan fingerprint density at radius 1 is 1.39 bits per heavy atom. The second-order valence-corrected chi connectivity index (χ2v) is 7.46. The van der Waals surface area contributed by atoms with Crippen molar-refractivity contribution in [3.63, 3.8) is 0 Å². The van der Waals surface area contributed by atoms with Gasteiger partial charge in [0, 0.05) is 41.3 Å². The zero-order valence-electron chi connectivity index (χ0n) is 13.1. The van der Waals surface area contributed by atoms with Crippen LogP contribution in [0.1, 0.15) is 24.8 Å². The number of fused-ring (bicyclic) bond motifs is 2. The van der Waals surface area contributed by atoms with E-state index < -0.39 is 0 Å². The zero-order chi connectivity index (χ0) is 15.6. The highest BCUT2D eigenvalue weighted by Gasteiger charge is 2.65. The number of para-hydroxylation sites is 1. The predicted molar refractivity (Wildman–Crippen MR) is 88.1 cm³/mol. The molecule has 2 saturated heterocycles. The fourth-order valence-electron chi connectivity index (χ4n) is 6.00. The van der Waals surface area contributed by atoms with Crippen molar-refractivity contribution in [1.29, 1.82) is 0 Å². The first kappa shape index (κ1) is 13.6. The molecule has 1 aliphatic carbocycles. The summed E-state index contributed by atoms with van der Waals surface area (Å²) in [6, 6.07) is 9.28. The number of aldehydes is 1. The number of nitrogens with one attached hydrogen (secondary N) is 1. The lowest BCUT2D eigenvalue weighted by Crippen LogP contribution is -2.61. The van der Waals surface area contributed by atoms with Crippen molar-refractivity contribution in [2.75, 3.05) is 18.5 Å². The quantitative estimate of drug-likeness (QED) is 0.819. The van der Waals surface area contributed by atoms with Gasteiger partial charge in [-0.15, -0.1) is 0 Å². The van der Waals surface area contributed by atoms with Crippen LogP contribution in [0.15, 0.2) is 36.0 Å². The molecule has 5 atom stereocenters. The van der Waals surface area contributed by atoms with E-state index in [9.17, 15) is 9.90 Å². The van der Waals surface area contributed by atoms with E-state index >= 15 is 0 Å². The Balaban J connectivity index is 1.70. The maximum Gasteiger partial charge on any atom is 0.125 e. The molecule has 5 rings (SSSR count). The van der Waals surface area contributed by atoms with E-state index in [-0.39, 0.29) is 24.0 Å². The monoisotopic (exact) mass is 310 g/mol. The summed E-state index contributed by atoms with van der Waals surface area (Å²) in [5.41, 5.74) is 3.91. The molecule has 0 aromatic heterocycles. The predicted octanol–water partition coefficient (Wildman–Crippen LogP) is 1.91. The summed E-state index contributed by atoms with van der Waals surface area (Å²) in [6.07, 6.45) is 6.25. The summed E-state index contributed by atoms with van der Waals surface area (Å²) in [4.78, 5) is 14.5. The normalized spacial score (nSPS) is 41.4. The number of benzene rings is 1. The SMILES string of the molecule is O=CC1C2CC(=CCO)N3CCC4(c5ccccc5NC14)C3C2. The van der Waals surface area contributed by atoms with E-state index in [1.807, 2.05) is 6.08 Å². The van der Waals surface area contributed by atoms with Gasteiger partial charge in [-0.25, -0.2) is 0 Å². The third kappa shape index (κ3) is 1.52. The molecule has 1 aromatic carbocycles. The van der Waals surface area contributed by atoms with Crippen molar-refractivity contribution >= 4 is 12.0 Å². The lowest BCUT2D eigenvalue weighted by Gasteiger charge is -2.54. The number of piperidine rings is 1. The maximum absolute atomic E-state index is 12.0. The second kappa shape index (κ2) is 4.60. The maximum atomic E-state index is 12.0. The molecule has 5 unspecified atom stereocenters. The molecule has 23 heavy (non-hydrogen) atoms. The molecule has 0 amide bonds. The van der Waals surface area contributed by atoms with Gasteiger partial charge in [0.25, 0.3) is 0 Å². The highest BCUT2D eigenvalue weighted by molar-refractivity contribution is 5.69. The fraction of sp³-hybridized carbons (Fsp3) is 0.526. The minimum atomic E-state index is 0.0492. The van der Waals surface area contributed by atoms with Crippen LogP contribution in [-0.4, -0.2) is 41.5 Å². The van der Waals surface area contributed by atoms with Gasteiger partial charge in [0.05, 0.1) is 6.61 Å². The van der Waals surface area contributed by atoms with Gasteiger partial charge < -0.3 is 20.1 Å². The van der Waals surface area contributed by atoms with Crippen LogP contribution in [0.25, 0.3) is 0 Å². The number of anilines is 1. The van der Waals surface area contributed by atoms with Crippen LogP contribution < -0.4 is 5.32 Å². The van der Waals surface area contributed by atoms with Crippen LogP contribution in [0.4, 0.5) is 5.69 Å². The Kier molecular flexibility index (Phi) is 2.72. The average Bonchev–Trinajstić information content (AvgIpc) is 3.12. The Morgan fingerprint density at radius 2 is 2.26 bits per heavy atom. The van der Waals surface area contributed by atoms with Gasteiger partial charge in [0.15, 0.2) is 0 Å². The number of aliphatic hydroxyl groups excluding tert-OH is 1. The first-order chi connectivity index (χ1) is 11.3. The number of nitrogens with zero attached hydrogens (tertiary/aromatic N) is 1. The van der Waals surface area contributed by atoms with Gasteiger partial charge in [-0.2, -0.15) is 0 Å². The highest BCUT2D eigenvalue weighted by atomic mass is 16.2. The van der Waals surface area contributed by atoms with Crippen molar-refractivity contribution in [2.24, 2.45) is 11.8 Å². The van der Waals surface area contributed by atoms with Crippen molar-refractivity contribution < 1.29 is 9.90 Å². The van der Waals surface area contributed by atoms with E-state index in [4.69, 9.17) is 0 Å². The van der Waals surface area contributed by atoms with Crippen molar-refractivity contribution in [3.05, 3.63) is 41.6 Å². The van der Waals surface area contributed by atoms with Gasteiger partial charge in [-0.05, 0) is 42.9 Å². The number of hydrogen-bond donors (Lipinski definition) is 2. The van der Waals surface area contributed by atoms with Crippen LogP contribution in [0.5, 0.6) is 0 Å². The number of carbonyl (C=O) groups excluding carboxylic acids is 1. The molecule has 3 heterocycles. The molecule has 3 fully saturated rings. The van der Waals surface area contributed by atoms with E-state index in [1.54, 1.807) is 0 Å². The summed E-state index contributed by atoms with van der Waals surface area (Å²) in [5, 5.41) is 13.1. The molecule has 3 aliphatic heterocycles. The van der Waals surface area contributed by atoms with Crippen molar-refractivity contribution in [2.45, 2.75) is 36.8 Å². The third-order valence-corrected chi connectivity index (χ3v) is 6.81. The number of hydrogen-bond acceptors (Lipinski definition) is 4. The Bertz CT molecular complexity index is 700. The minimum Gasteiger partial charge on any atom is -0.392 e. The first-order valence-electron chi connectivity index (χ1n) is 8.67. The second-order valence-electron chi connectivity index (χ2n) is 7.46. The van der Waals surface area contributed by atoms with E-state index in [1.165, 1.54) is 23.2 Å². The molecule has 4 nitrogen and oxygen atoms in total. The van der Waals surface area contributed by atoms with Crippen LogP contribution in [0.2, 0.25) is 0 Å². The zero-order valence-corrected chi connectivity index (χ0v) is 13.1. The summed E-state index contributed by atoms with van der Waals surface area (Å²) in [7, 11) is 0. The molecule has 0 radical (unpaired) electrons. The third-order valence-electron chi connectivity index (χ3n) is 6.81. The molecule has 1 aromatic rings. The minimum absolute atomic E-state index is 0.0492. The largest absolute Gasteiger partial charge is 0.392 e. The Labute approximate surface area is 136 Å². The molecular formula is C19H22N2O2. The number of aliphatic hydroxyl groups is 1. The molecule has 2 N–H and O–H groups in total. The number of carbonyl (C=O) groups is 1. The molecule has 120 valence electrons. The molecule has 4 aliphatic rings. The van der Waals surface area contributed by atoms with Crippen molar-refractivity contribution in [3.8, 4) is 0 Å². The molecule has 4 heteroatoms. The summed E-state index contributed by atoms with van der Waals surface area (Å²) < 4.78 is 0. The van der Waals surface area contributed by atoms with Gasteiger partial charge in [-0.1, -0.05) is 18.2 Å². The lowest BCUT2D eigenvalue weighted by molar-refractivity contribution is -0.116. The van der Waals surface area contributed by atoms with E-state index in [0.29, 0.717) is 12.0 Å². The number of allylic oxidation sites excluding steroid dienone is 1. The molecular weight excluding hydrogens is 288 g/mol. The van der Waals surface area contributed by atoms with Gasteiger partial charge in [0.2, 0.25) is 0 Å². The van der Waals surface area contributed by atoms with Gasteiger partial charge in [-0.3, -0.25) is 0 Å². The van der Waals surface area contributed by atoms with Crippen LogP contribution in [0.3, 0.4) is 0 Å². The van der Waals surface area contributed by atoms with E-state index in [0.717, 1.165) is 25.8 Å². The summed E-state index contributed by atoms with van der Waals surface area (Å²) >= 11 is 0. The van der Waals surface area contributed by atoms with Crippen LogP contribution in [-0.2, 0) is 10.2 Å². The van der Waals surface area contributed by atoms with Gasteiger partial charge in [0.1, 0.15) is 6.29 Å². The smallest absolute Gasteiger partial charge is 0.125 e. The first-order valence-corrected chi connectivity index (χ1v) is 8.67. The Morgan fingerprint density at radius 3 is 3.09 bits per heavy atom. The standard InChI is InChI=1S/C19H22N2O2/c22-8-5-13-9-12-10-17-19(6-7-21(13)17)15-3-1-2-4-16(15)20-18(19)14(12)11-23/h1-5,11-12,14,17-18,20,22H,6-10H2. The Hall–Kier alpha value is -1.81. The summed E-state index contributed by atoms with van der Waals surface area (Å²) in [6.45, 7) is 1.11. The summed E-state index contributed by atoms with van der Waals surface area (Å²) in [5.74, 6) is 0.450. The molecule has 2 bridgehead atoms. The highest BCUT2D eigenvalue weighted by Crippen LogP contribution is 2.61.